The third-order valence-electron chi connectivity index (χ3n) is 4.80. The number of benzene rings is 1. The molecule has 3 aromatic rings. The number of amides is 1. The third kappa shape index (κ3) is 3.68. The molecule has 0 saturated heterocycles. The van der Waals surface area contributed by atoms with Crippen molar-refractivity contribution in [1.82, 2.24) is 19.9 Å². The number of aromatic nitrogens is 3. The molecule has 2 heterocycles. The van der Waals surface area contributed by atoms with Gasteiger partial charge in [0.2, 0.25) is 5.95 Å². The molecular weight excluding hydrogens is 362 g/mol. The zero-order valence-corrected chi connectivity index (χ0v) is 16.4. The van der Waals surface area contributed by atoms with Gasteiger partial charge in [-0.25, -0.2) is 9.97 Å². The van der Waals surface area contributed by atoms with E-state index in [1.165, 1.54) is 23.4 Å². The number of anilines is 2. The Bertz CT molecular complexity index is 955. The Morgan fingerprint density at radius 2 is 2.15 bits per heavy atom. The van der Waals surface area contributed by atoms with Crippen molar-refractivity contribution < 1.29 is 9.53 Å². The van der Waals surface area contributed by atoms with Gasteiger partial charge in [-0.3, -0.25) is 4.79 Å². The maximum absolute atomic E-state index is 12.2. The molecule has 27 heavy (non-hydrogen) atoms. The monoisotopic (exact) mass is 385 g/mol. The minimum absolute atomic E-state index is 0.123. The molecule has 7 nitrogen and oxygen atoms in total. The van der Waals surface area contributed by atoms with Crippen LogP contribution in [0.1, 0.15) is 33.8 Å². The number of hydrogen-bond donors (Lipinski definition) is 2. The van der Waals surface area contributed by atoms with E-state index in [-0.39, 0.29) is 5.91 Å². The van der Waals surface area contributed by atoms with E-state index in [1.54, 1.807) is 18.4 Å². The molecular formula is C19H23N5O2S. The maximum atomic E-state index is 12.2. The van der Waals surface area contributed by atoms with E-state index in [4.69, 9.17) is 9.72 Å². The number of aryl methyl sites for hydroxylation is 3. The molecule has 142 valence electrons. The van der Waals surface area contributed by atoms with E-state index in [9.17, 15) is 4.79 Å². The summed E-state index contributed by atoms with van der Waals surface area (Å²) in [6.07, 6.45) is 4.66. The van der Waals surface area contributed by atoms with Crippen LogP contribution in [0.4, 0.5) is 11.1 Å². The lowest BCUT2D eigenvalue weighted by Crippen LogP contribution is -2.26. The Morgan fingerprint density at radius 1 is 1.30 bits per heavy atom. The summed E-state index contributed by atoms with van der Waals surface area (Å²) in [5.41, 5.74) is 3.56. The Balaban J connectivity index is 1.56. The number of ether oxygens (including phenoxy) is 1. The molecule has 1 aliphatic rings. The van der Waals surface area contributed by atoms with Crippen molar-refractivity contribution in [3.05, 3.63) is 34.3 Å². The summed E-state index contributed by atoms with van der Waals surface area (Å²) in [6, 6.07) is 5.55. The minimum Gasteiger partial charge on any atom is -0.383 e. The predicted octanol–water partition coefficient (Wildman–Crippen LogP) is 3.03. The molecule has 2 N–H and O–H groups in total. The molecule has 0 spiro atoms. The van der Waals surface area contributed by atoms with Crippen molar-refractivity contribution in [2.45, 2.75) is 25.7 Å². The van der Waals surface area contributed by atoms with Gasteiger partial charge in [0.1, 0.15) is 0 Å². The topological polar surface area (TPSA) is 81.1 Å². The van der Waals surface area contributed by atoms with E-state index >= 15 is 0 Å². The fourth-order valence-corrected chi connectivity index (χ4v) is 4.37. The van der Waals surface area contributed by atoms with Crippen molar-refractivity contribution in [3.8, 4) is 0 Å². The first-order valence-corrected chi connectivity index (χ1v) is 9.96. The summed E-state index contributed by atoms with van der Waals surface area (Å²) in [6.45, 7) is 0.973. The number of imidazole rings is 1. The number of carbonyl (C=O) groups excluding carboxylic acids is 1. The van der Waals surface area contributed by atoms with Crippen molar-refractivity contribution in [3.63, 3.8) is 0 Å². The van der Waals surface area contributed by atoms with Gasteiger partial charge in [0, 0.05) is 31.1 Å². The van der Waals surface area contributed by atoms with Gasteiger partial charge in [-0.05, 0) is 43.9 Å². The normalized spacial score (nSPS) is 13.6. The highest BCUT2D eigenvalue weighted by atomic mass is 32.1. The molecule has 1 amide bonds. The lowest BCUT2D eigenvalue weighted by molar-refractivity contribution is 0.0937. The van der Waals surface area contributed by atoms with Crippen LogP contribution in [0.5, 0.6) is 0 Å². The molecule has 2 aromatic heterocycles. The van der Waals surface area contributed by atoms with Crippen LogP contribution in [0.2, 0.25) is 0 Å². The number of methoxy groups -OCH3 is 1. The molecule has 0 atom stereocenters. The van der Waals surface area contributed by atoms with Gasteiger partial charge in [-0.2, -0.15) is 0 Å². The summed E-state index contributed by atoms with van der Waals surface area (Å²) >= 11 is 1.72. The maximum Gasteiger partial charge on any atom is 0.251 e. The zero-order chi connectivity index (χ0) is 18.8. The number of nitrogens with zero attached hydrogens (tertiary/aromatic N) is 3. The van der Waals surface area contributed by atoms with E-state index < -0.39 is 0 Å². The average molecular weight is 385 g/mol. The summed E-state index contributed by atoms with van der Waals surface area (Å²) in [7, 11) is 3.57. The van der Waals surface area contributed by atoms with Crippen molar-refractivity contribution in [2.24, 2.45) is 7.05 Å². The summed E-state index contributed by atoms with van der Waals surface area (Å²) in [4.78, 5) is 23.0. The van der Waals surface area contributed by atoms with E-state index in [0.717, 1.165) is 35.0 Å². The predicted molar refractivity (Wildman–Crippen MR) is 107 cm³/mol. The van der Waals surface area contributed by atoms with Crippen LogP contribution in [0, 0.1) is 0 Å². The summed E-state index contributed by atoms with van der Waals surface area (Å²) in [5.74, 6) is 0.606. The number of rotatable bonds is 6. The lowest BCUT2D eigenvalue weighted by atomic mass is 10.0. The third-order valence-corrected chi connectivity index (χ3v) is 5.87. The molecule has 1 aromatic carbocycles. The molecule has 0 aliphatic heterocycles. The second-order valence-corrected chi connectivity index (χ2v) is 7.75. The van der Waals surface area contributed by atoms with E-state index in [0.29, 0.717) is 18.7 Å². The molecule has 0 radical (unpaired) electrons. The van der Waals surface area contributed by atoms with Gasteiger partial charge in [-0.15, -0.1) is 11.3 Å². The van der Waals surface area contributed by atoms with Crippen molar-refractivity contribution in [2.75, 3.05) is 25.6 Å². The second-order valence-electron chi connectivity index (χ2n) is 6.67. The average Bonchev–Trinajstić information content (AvgIpc) is 3.22. The Morgan fingerprint density at radius 3 is 2.96 bits per heavy atom. The van der Waals surface area contributed by atoms with Crippen LogP contribution in [0.15, 0.2) is 18.2 Å². The Kier molecular flexibility index (Phi) is 5.09. The molecule has 0 saturated carbocycles. The first-order valence-electron chi connectivity index (χ1n) is 9.15. The summed E-state index contributed by atoms with van der Waals surface area (Å²) < 4.78 is 6.95. The van der Waals surface area contributed by atoms with Crippen molar-refractivity contribution in [1.29, 1.82) is 0 Å². The van der Waals surface area contributed by atoms with Gasteiger partial charge in [0.05, 0.1) is 23.3 Å². The number of carbonyl (C=O) groups is 1. The highest BCUT2D eigenvalue weighted by Gasteiger charge is 2.17. The second kappa shape index (κ2) is 7.66. The summed E-state index contributed by atoms with van der Waals surface area (Å²) in [5, 5.41) is 7.07. The van der Waals surface area contributed by atoms with Gasteiger partial charge in [0.15, 0.2) is 5.13 Å². The first-order chi connectivity index (χ1) is 13.2. The zero-order valence-electron chi connectivity index (χ0n) is 15.5. The van der Waals surface area contributed by atoms with Gasteiger partial charge in [0.25, 0.3) is 5.91 Å². The quantitative estimate of drug-likeness (QED) is 0.638. The molecule has 8 heteroatoms. The fraction of sp³-hybridized carbons (Fsp3) is 0.421. The highest BCUT2D eigenvalue weighted by Crippen LogP contribution is 2.31. The largest absolute Gasteiger partial charge is 0.383 e. The van der Waals surface area contributed by atoms with Crippen LogP contribution in [-0.4, -0.2) is 40.7 Å². The first kappa shape index (κ1) is 17.9. The Labute approximate surface area is 161 Å². The fourth-order valence-electron chi connectivity index (χ4n) is 3.32. The van der Waals surface area contributed by atoms with Gasteiger partial charge < -0.3 is 19.9 Å². The van der Waals surface area contributed by atoms with Crippen LogP contribution < -0.4 is 10.6 Å². The number of hydrogen-bond acceptors (Lipinski definition) is 6. The van der Waals surface area contributed by atoms with Crippen LogP contribution in [-0.2, 0) is 24.6 Å². The molecule has 0 unspecified atom stereocenters. The molecule has 4 rings (SSSR count). The van der Waals surface area contributed by atoms with Crippen LogP contribution in [0.25, 0.3) is 11.0 Å². The minimum atomic E-state index is -0.123. The van der Waals surface area contributed by atoms with Gasteiger partial charge >= 0.3 is 0 Å². The molecule has 1 aliphatic carbocycles. The van der Waals surface area contributed by atoms with Crippen LogP contribution >= 0.6 is 11.3 Å². The number of nitrogens with one attached hydrogen (secondary N) is 2. The SMILES string of the molecule is COCCNC(=O)c1ccc2c(c1)nc(Nc1nc3c(s1)CCCC3)n2C. The van der Waals surface area contributed by atoms with E-state index in [2.05, 4.69) is 15.6 Å². The smallest absolute Gasteiger partial charge is 0.251 e. The molecule has 0 fully saturated rings. The van der Waals surface area contributed by atoms with Crippen LogP contribution in [0.3, 0.4) is 0 Å². The molecule has 0 bridgehead atoms. The number of fused-ring (bicyclic) bond motifs is 2. The van der Waals surface area contributed by atoms with Gasteiger partial charge in [-0.1, -0.05) is 0 Å². The number of thiazole rings is 1. The highest BCUT2D eigenvalue weighted by molar-refractivity contribution is 7.15. The Hall–Kier alpha value is -2.45. The standard InChI is InChI=1S/C19H23N5O2S/c1-24-15-8-7-12(17(25)20-9-10-26-2)11-14(15)21-18(24)23-19-22-13-5-3-4-6-16(13)27-19/h7-8,11H,3-6,9-10H2,1-2H3,(H,20,25)(H,21,22,23). The lowest BCUT2D eigenvalue weighted by Gasteiger charge is -2.06. The van der Waals surface area contributed by atoms with E-state index in [1.807, 2.05) is 29.8 Å². The van der Waals surface area contributed by atoms with Crippen molar-refractivity contribution >= 4 is 39.4 Å².